The van der Waals surface area contributed by atoms with E-state index in [-0.39, 0.29) is 29.8 Å². The molecule has 0 spiro atoms. The number of rotatable bonds is 5. The highest BCUT2D eigenvalue weighted by Crippen LogP contribution is 2.15. The van der Waals surface area contributed by atoms with Gasteiger partial charge in [0.05, 0.1) is 12.6 Å². The summed E-state index contributed by atoms with van der Waals surface area (Å²) in [6.07, 6.45) is 2.42. The van der Waals surface area contributed by atoms with Crippen molar-refractivity contribution in [1.82, 2.24) is 10.2 Å². The molecule has 6 heteroatoms. The van der Waals surface area contributed by atoms with Crippen LogP contribution in [-0.2, 0) is 11.3 Å². The molecule has 1 aliphatic heterocycles. The van der Waals surface area contributed by atoms with Crippen LogP contribution in [0.25, 0.3) is 0 Å². The molecular weight excluding hydrogens is 420 g/mol. The molecule has 1 saturated heterocycles. The summed E-state index contributed by atoms with van der Waals surface area (Å²) in [5, 5.41) is 3.34. The fourth-order valence-electron chi connectivity index (χ4n) is 2.80. The average Bonchev–Trinajstić information content (AvgIpc) is 2.56. The number of ether oxygens (including phenoxy) is 1. The van der Waals surface area contributed by atoms with Gasteiger partial charge in [-0.1, -0.05) is 12.1 Å². The van der Waals surface area contributed by atoms with E-state index in [2.05, 4.69) is 22.1 Å². The molecule has 0 radical (unpaired) electrons. The van der Waals surface area contributed by atoms with Crippen molar-refractivity contribution >= 4 is 29.9 Å². The number of piperidine rings is 1. The van der Waals surface area contributed by atoms with E-state index in [0.717, 1.165) is 50.6 Å². The summed E-state index contributed by atoms with van der Waals surface area (Å²) < 4.78 is 19.3. The SMILES string of the molecule is CCNC(=NCc1ccc(C)c(F)c1)N1CCC(OCC)CC1.I. The maximum absolute atomic E-state index is 13.6. The zero-order valence-corrected chi connectivity index (χ0v) is 17.2. The van der Waals surface area contributed by atoms with Gasteiger partial charge in [-0.3, -0.25) is 0 Å². The molecule has 136 valence electrons. The Morgan fingerprint density at radius 2 is 2.04 bits per heavy atom. The minimum absolute atomic E-state index is 0. The standard InChI is InChI=1S/C18H28FN3O.HI/c1-4-20-18(22-10-8-16(9-11-22)23-5-2)21-13-15-7-6-14(3)17(19)12-15;/h6-7,12,16H,4-5,8-11,13H2,1-3H3,(H,20,21);1H. The Balaban J connectivity index is 0.00000288. The van der Waals surface area contributed by atoms with Crippen molar-refractivity contribution in [3.05, 3.63) is 35.1 Å². The van der Waals surface area contributed by atoms with Gasteiger partial charge in [0.2, 0.25) is 0 Å². The van der Waals surface area contributed by atoms with Gasteiger partial charge in [0.25, 0.3) is 0 Å². The zero-order chi connectivity index (χ0) is 16.7. The van der Waals surface area contributed by atoms with Crippen molar-refractivity contribution in [2.24, 2.45) is 4.99 Å². The number of nitrogens with one attached hydrogen (secondary N) is 1. The van der Waals surface area contributed by atoms with Crippen molar-refractivity contribution < 1.29 is 9.13 Å². The van der Waals surface area contributed by atoms with Crippen LogP contribution in [0.3, 0.4) is 0 Å². The molecule has 1 heterocycles. The molecule has 1 aliphatic rings. The summed E-state index contributed by atoms with van der Waals surface area (Å²) in [6.45, 7) is 9.86. The second-order valence-electron chi connectivity index (χ2n) is 5.90. The van der Waals surface area contributed by atoms with Gasteiger partial charge in [-0.05, 0) is 50.8 Å². The monoisotopic (exact) mass is 449 g/mol. The minimum Gasteiger partial charge on any atom is -0.378 e. The third-order valence-corrected chi connectivity index (χ3v) is 4.13. The van der Waals surface area contributed by atoms with E-state index in [1.54, 1.807) is 19.1 Å². The molecule has 0 aliphatic carbocycles. The fourth-order valence-corrected chi connectivity index (χ4v) is 2.80. The first-order valence-electron chi connectivity index (χ1n) is 8.54. The second kappa shape index (κ2) is 10.9. The number of aliphatic imine (C=N–C) groups is 1. The molecule has 1 N–H and O–H groups in total. The lowest BCUT2D eigenvalue weighted by molar-refractivity contribution is 0.0263. The highest BCUT2D eigenvalue weighted by atomic mass is 127. The van der Waals surface area contributed by atoms with Crippen molar-refractivity contribution in [2.75, 3.05) is 26.2 Å². The maximum atomic E-state index is 13.6. The predicted octanol–water partition coefficient (Wildman–Crippen LogP) is 3.72. The number of aryl methyl sites for hydroxylation is 1. The van der Waals surface area contributed by atoms with Crippen LogP contribution in [0.15, 0.2) is 23.2 Å². The molecule has 24 heavy (non-hydrogen) atoms. The summed E-state index contributed by atoms with van der Waals surface area (Å²) in [4.78, 5) is 6.94. The smallest absolute Gasteiger partial charge is 0.194 e. The van der Waals surface area contributed by atoms with Crippen molar-refractivity contribution in [3.63, 3.8) is 0 Å². The molecule has 0 saturated carbocycles. The van der Waals surface area contributed by atoms with E-state index in [0.29, 0.717) is 18.2 Å². The maximum Gasteiger partial charge on any atom is 0.194 e. The van der Waals surface area contributed by atoms with Crippen molar-refractivity contribution in [1.29, 1.82) is 0 Å². The van der Waals surface area contributed by atoms with Crippen LogP contribution in [0.4, 0.5) is 4.39 Å². The van der Waals surface area contributed by atoms with Gasteiger partial charge in [0, 0.05) is 26.2 Å². The van der Waals surface area contributed by atoms with Crippen molar-refractivity contribution in [2.45, 2.75) is 46.3 Å². The number of halogens is 2. The van der Waals surface area contributed by atoms with Crippen LogP contribution in [-0.4, -0.2) is 43.2 Å². The summed E-state index contributed by atoms with van der Waals surface area (Å²) in [5.41, 5.74) is 1.57. The molecule has 1 fully saturated rings. The number of hydrogen-bond donors (Lipinski definition) is 1. The molecule has 0 amide bonds. The van der Waals surface area contributed by atoms with E-state index >= 15 is 0 Å². The second-order valence-corrected chi connectivity index (χ2v) is 5.90. The van der Waals surface area contributed by atoms with Gasteiger partial charge in [-0.2, -0.15) is 0 Å². The van der Waals surface area contributed by atoms with Crippen LogP contribution in [0.5, 0.6) is 0 Å². The van der Waals surface area contributed by atoms with E-state index in [1.165, 1.54) is 0 Å². The number of guanidine groups is 1. The predicted molar refractivity (Wildman–Crippen MR) is 108 cm³/mol. The third-order valence-electron chi connectivity index (χ3n) is 4.13. The summed E-state index contributed by atoms with van der Waals surface area (Å²) in [6, 6.07) is 5.32. The van der Waals surface area contributed by atoms with Gasteiger partial charge in [-0.15, -0.1) is 24.0 Å². The summed E-state index contributed by atoms with van der Waals surface area (Å²) >= 11 is 0. The van der Waals surface area contributed by atoms with Crippen LogP contribution in [0, 0.1) is 12.7 Å². The molecule has 0 aromatic heterocycles. The molecule has 0 unspecified atom stereocenters. The minimum atomic E-state index is -0.166. The molecule has 0 atom stereocenters. The van der Waals surface area contributed by atoms with Gasteiger partial charge in [0.1, 0.15) is 5.82 Å². The van der Waals surface area contributed by atoms with E-state index in [1.807, 2.05) is 13.0 Å². The molecule has 4 nitrogen and oxygen atoms in total. The molecule has 2 rings (SSSR count). The molecule has 1 aromatic rings. The number of hydrogen-bond acceptors (Lipinski definition) is 2. The van der Waals surface area contributed by atoms with Gasteiger partial charge >= 0.3 is 0 Å². The Bertz CT molecular complexity index is 531. The first-order chi connectivity index (χ1) is 11.1. The molecular formula is C18H29FIN3O. The highest BCUT2D eigenvalue weighted by molar-refractivity contribution is 14.0. The van der Waals surface area contributed by atoms with E-state index in [9.17, 15) is 4.39 Å². The number of likely N-dealkylation sites (tertiary alicyclic amines) is 1. The normalized spacial score (nSPS) is 16.0. The Hall–Kier alpha value is -0.890. The molecule has 1 aromatic carbocycles. The van der Waals surface area contributed by atoms with Gasteiger partial charge in [0.15, 0.2) is 5.96 Å². The number of nitrogens with zero attached hydrogens (tertiary/aromatic N) is 2. The Kier molecular flexibility index (Phi) is 9.58. The molecule has 0 bridgehead atoms. The fraction of sp³-hybridized carbons (Fsp3) is 0.611. The largest absolute Gasteiger partial charge is 0.378 e. The van der Waals surface area contributed by atoms with Crippen molar-refractivity contribution in [3.8, 4) is 0 Å². The van der Waals surface area contributed by atoms with Gasteiger partial charge in [-0.25, -0.2) is 9.38 Å². The summed E-state index contributed by atoms with van der Waals surface area (Å²) in [7, 11) is 0. The van der Waals surface area contributed by atoms with Gasteiger partial charge < -0.3 is 15.0 Å². The Labute approximate surface area is 161 Å². The Morgan fingerprint density at radius 3 is 2.62 bits per heavy atom. The lowest BCUT2D eigenvalue weighted by Gasteiger charge is -2.34. The first kappa shape index (κ1) is 21.2. The lowest BCUT2D eigenvalue weighted by Crippen LogP contribution is -2.47. The van der Waals surface area contributed by atoms with Crippen LogP contribution in [0.2, 0.25) is 0 Å². The lowest BCUT2D eigenvalue weighted by atomic mass is 10.1. The topological polar surface area (TPSA) is 36.9 Å². The van der Waals surface area contributed by atoms with E-state index in [4.69, 9.17) is 4.74 Å². The quantitative estimate of drug-likeness (QED) is 0.423. The third kappa shape index (κ3) is 6.20. The Morgan fingerprint density at radius 1 is 1.33 bits per heavy atom. The average molecular weight is 449 g/mol. The zero-order valence-electron chi connectivity index (χ0n) is 14.8. The van der Waals surface area contributed by atoms with E-state index < -0.39 is 0 Å². The summed E-state index contributed by atoms with van der Waals surface area (Å²) in [5.74, 6) is 0.740. The van der Waals surface area contributed by atoms with Crippen LogP contribution in [0.1, 0.15) is 37.8 Å². The highest BCUT2D eigenvalue weighted by Gasteiger charge is 2.21. The van der Waals surface area contributed by atoms with Crippen LogP contribution >= 0.6 is 24.0 Å². The number of benzene rings is 1. The van der Waals surface area contributed by atoms with Crippen LogP contribution < -0.4 is 5.32 Å². The first-order valence-corrected chi connectivity index (χ1v) is 8.54.